The van der Waals surface area contributed by atoms with E-state index in [1.807, 2.05) is 0 Å². The van der Waals surface area contributed by atoms with E-state index in [4.69, 9.17) is 0 Å². The molecule has 3 nitrogen and oxygen atoms in total. The first-order chi connectivity index (χ1) is 8.11. The standard InChI is InChI=1S/C13H13NO2S/c1-3-7-12-10(4-2)14-11-8-5-6-9-13(11)17(12,15)16/h3-9,14H,2H2,1H3/b7-3-. The fraction of sp³-hybridized carbons (Fsp3) is 0.0769. The van der Waals surface area contributed by atoms with Crippen molar-refractivity contribution < 1.29 is 8.42 Å². The molecular weight excluding hydrogens is 234 g/mol. The molecule has 1 aromatic rings. The number of nitrogens with one attached hydrogen (secondary N) is 1. The van der Waals surface area contributed by atoms with E-state index in [9.17, 15) is 8.42 Å². The third-order valence-electron chi connectivity index (χ3n) is 2.52. The van der Waals surface area contributed by atoms with Crippen LogP contribution in [-0.2, 0) is 9.84 Å². The van der Waals surface area contributed by atoms with E-state index in [0.29, 0.717) is 16.3 Å². The topological polar surface area (TPSA) is 46.2 Å². The fourth-order valence-electron chi connectivity index (χ4n) is 1.76. The van der Waals surface area contributed by atoms with E-state index in [0.717, 1.165) is 0 Å². The van der Waals surface area contributed by atoms with Crippen molar-refractivity contribution in [3.8, 4) is 0 Å². The minimum atomic E-state index is -3.45. The van der Waals surface area contributed by atoms with Gasteiger partial charge in [0.05, 0.1) is 21.2 Å². The summed E-state index contributed by atoms with van der Waals surface area (Å²) in [4.78, 5) is 0.562. The van der Waals surface area contributed by atoms with Crippen LogP contribution in [-0.4, -0.2) is 8.42 Å². The smallest absolute Gasteiger partial charge is 0.210 e. The van der Waals surface area contributed by atoms with Gasteiger partial charge in [0, 0.05) is 0 Å². The lowest BCUT2D eigenvalue weighted by Crippen LogP contribution is -2.17. The molecule has 2 rings (SSSR count). The van der Waals surface area contributed by atoms with Gasteiger partial charge in [-0.2, -0.15) is 0 Å². The maximum Gasteiger partial charge on any atom is 0.210 e. The number of hydrogen-bond donors (Lipinski definition) is 1. The molecule has 1 aliphatic rings. The van der Waals surface area contributed by atoms with Crippen LogP contribution in [0.5, 0.6) is 0 Å². The highest BCUT2D eigenvalue weighted by Crippen LogP contribution is 2.34. The first-order valence-corrected chi connectivity index (χ1v) is 6.70. The Bertz CT molecular complexity index is 625. The van der Waals surface area contributed by atoms with Gasteiger partial charge in [-0.1, -0.05) is 24.8 Å². The molecule has 0 amide bonds. The van der Waals surface area contributed by atoms with Crippen LogP contribution in [0, 0.1) is 0 Å². The van der Waals surface area contributed by atoms with Crippen molar-refractivity contribution in [1.29, 1.82) is 0 Å². The molecule has 1 heterocycles. The van der Waals surface area contributed by atoms with E-state index in [2.05, 4.69) is 11.9 Å². The number of rotatable bonds is 2. The summed E-state index contributed by atoms with van der Waals surface area (Å²) in [6.45, 7) is 5.42. The second-order valence-electron chi connectivity index (χ2n) is 3.61. The number of anilines is 1. The maximum atomic E-state index is 12.4. The van der Waals surface area contributed by atoms with Gasteiger partial charge in [0.15, 0.2) is 0 Å². The average molecular weight is 247 g/mol. The molecule has 0 aliphatic carbocycles. The van der Waals surface area contributed by atoms with Gasteiger partial charge in [0.2, 0.25) is 9.84 Å². The van der Waals surface area contributed by atoms with Crippen molar-refractivity contribution in [2.75, 3.05) is 5.32 Å². The summed E-state index contributed by atoms with van der Waals surface area (Å²) in [5.41, 5.74) is 1.11. The van der Waals surface area contributed by atoms with Crippen LogP contribution >= 0.6 is 0 Å². The Balaban J connectivity index is 2.75. The molecule has 0 unspecified atom stereocenters. The minimum Gasteiger partial charge on any atom is -0.353 e. The highest BCUT2D eigenvalue weighted by Gasteiger charge is 2.28. The SMILES string of the molecule is C=CC1=C(/C=C\C)S(=O)(=O)c2ccccc2N1. The number of fused-ring (bicyclic) bond motifs is 1. The predicted molar refractivity (Wildman–Crippen MR) is 69.3 cm³/mol. The van der Waals surface area contributed by atoms with Crippen molar-refractivity contribution in [3.05, 3.63) is 59.7 Å². The van der Waals surface area contributed by atoms with Crippen molar-refractivity contribution in [1.82, 2.24) is 0 Å². The lowest BCUT2D eigenvalue weighted by Gasteiger charge is -2.21. The summed E-state index contributed by atoms with van der Waals surface area (Å²) in [7, 11) is -3.45. The normalized spacial score (nSPS) is 17.7. The summed E-state index contributed by atoms with van der Waals surface area (Å²) in [5.74, 6) is 0. The summed E-state index contributed by atoms with van der Waals surface area (Å²) < 4.78 is 24.7. The lowest BCUT2D eigenvalue weighted by molar-refractivity contribution is 0.602. The van der Waals surface area contributed by atoms with Crippen LogP contribution in [0.25, 0.3) is 0 Å². The fourth-order valence-corrected chi connectivity index (χ4v) is 3.40. The van der Waals surface area contributed by atoms with Crippen molar-refractivity contribution in [3.63, 3.8) is 0 Å². The molecule has 0 aromatic heterocycles. The molecule has 0 saturated heterocycles. The Labute approximate surface area is 101 Å². The second-order valence-corrected chi connectivity index (χ2v) is 5.49. The van der Waals surface area contributed by atoms with Gasteiger partial charge in [0.25, 0.3) is 0 Å². The molecule has 88 valence electrons. The molecule has 1 N–H and O–H groups in total. The van der Waals surface area contributed by atoms with E-state index >= 15 is 0 Å². The Morgan fingerprint density at radius 2 is 2.00 bits per heavy atom. The van der Waals surface area contributed by atoms with Crippen LogP contribution in [0.1, 0.15) is 6.92 Å². The molecule has 0 saturated carbocycles. The zero-order valence-corrected chi connectivity index (χ0v) is 10.3. The summed E-state index contributed by atoms with van der Waals surface area (Å²) in [6.07, 6.45) is 4.80. The van der Waals surface area contributed by atoms with E-state index in [1.54, 1.807) is 43.3 Å². The lowest BCUT2D eigenvalue weighted by atomic mass is 10.2. The zero-order chi connectivity index (χ0) is 12.5. The first kappa shape index (κ1) is 11.7. The van der Waals surface area contributed by atoms with Crippen molar-refractivity contribution >= 4 is 15.5 Å². The highest BCUT2D eigenvalue weighted by atomic mass is 32.2. The summed E-state index contributed by atoms with van der Waals surface area (Å²) in [6, 6.07) is 6.84. The summed E-state index contributed by atoms with van der Waals surface area (Å²) >= 11 is 0. The largest absolute Gasteiger partial charge is 0.353 e. The van der Waals surface area contributed by atoms with Gasteiger partial charge < -0.3 is 5.32 Å². The molecule has 4 heteroatoms. The average Bonchev–Trinajstić information content (AvgIpc) is 2.33. The quantitative estimate of drug-likeness (QED) is 0.874. The third-order valence-corrected chi connectivity index (χ3v) is 4.39. The predicted octanol–water partition coefficient (Wildman–Crippen LogP) is 2.86. The number of sulfone groups is 1. The van der Waals surface area contributed by atoms with E-state index in [1.165, 1.54) is 6.08 Å². The number of allylic oxidation sites excluding steroid dienone is 3. The molecule has 0 bridgehead atoms. The monoisotopic (exact) mass is 247 g/mol. The molecule has 1 aliphatic heterocycles. The molecule has 0 spiro atoms. The van der Waals surface area contributed by atoms with Gasteiger partial charge in [-0.25, -0.2) is 8.42 Å². The van der Waals surface area contributed by atoms with Crippen LogP contribution in [0.3, 0.4) is 0 Å². The Morgan fingerprint density at radius 3 is 2.65 bits per heavy atom. The van der Waals surface area contributed by atoms with E-state index < -0.39 is 9.84 Å². The van der Waals surface area contributed by atoms with Gasteiger partial charge in [0.1, 0.15) is 0 Å². The minimum absolute atomic E-state index is 0.258. The Kier molecular flexibility index (Phi) is 2.90. The first-order valence-electron chi connectivity index (χ1n) is 5.22. The van der Waals surface area contributed by atoms with Gasteiger partial charge in [-0.05, 0) is 31.2 Å². The van der Waals surface area contributed by atoms with Gasteiger partial charge in [-0.3, -0.25) is 0 Å². The molecule has 1 aromatic carbocycles. The van der Waals surface area contributed by atoms with Crippen LogP contribution in [0.4, 0.5) is 5.69 Å². The third kappa shape index (κ3) is 1.80. The number of benzene rings is 1. The second kappa shape index (κ2) is 4.22. The van der Waals surface area contributed by atoms with Gasteiger partial charge in [-0.15, -0.1) is 0 Å². The molecule has 0 fully saturated rings. The van der Waals surface area contributed by atoms with Crippen LogP contribution in [0.2, 0.25) is 0 Å². The number of hydrogen-bond acceptors (Lipinski definition) is 3. The molecule has 17 heavy (non-hydrogen) atoms. The summed E-state index contributed by atoms with van der Waals surface area (Å²) in [5, 5.41) is 3.07. The van der Waals surface area contributed by atoms with Crippen molar-refractivity contribution in [2.45, 2.75) is 11.8 Å². The highest BCUT2D eigenvalue weighted by molar-refractivity contribution is 7.95. The molecule has 0 atom stereocenters. The van der Waals surface area contributed by atoms with E-state index in [-0.39, 0.29) is 4.91 Å². The van der Waals surface area contributed by atoms with Gasteiger partial charge >= 0.3 is 0 Å². The maximum absolute atomic E-state index is 12.4. The zero-order valence-electron chi connectivity index (χ0n) is 9.47. The molecular formula is C13H13NO2S. The van der Waals surface area contributed by atoms with Crippen LogP contribution < -0.4 is 5.32 Å². The number of para-hydroxylation sites is 1. The van der Waals surface area contributed by atoms with Crippen LogP contribution in [0.15, 0.2) is 64.6 Å². The van der Waals surface area contributed by atoms with Crippen molar-refractivity contribution in [2.24, 2.45) is 0 Å². The molecule has 0 radical (unpaired) electrons. The Hall–Kier alpha value is -1.81. The Morgan fingerprint density at radius 1 is 1.29 bits per heavy atom.